The van der Waals surface area contributed by atoms with Crippen molar-refractivity contribution in [3.8, 4) is 5.75 Å². The maximum atomic E-state index is 10.2. The van der Waals surface area contributed by atoms with Gasteiger partial charge in [-0.25, -0.2) is 4.79 Å². The third-order valence-electron chi connectivity index (χ3n) is 2.21. The number of hydrogen-bond acceptors (Lipinski definition) is 4. The number of amides is 1. The number of nitrogens with zero attached hydrogens (tertiary/aromatic N) is 1. The fourth-order valence-electron chi connectivity index (χ4n) is 1.43. The maximum absolute atomic E-state index is 10.2. The Labute approximate surface area is 96.6 Å². The third kappa shape index (κ3) is 2.57. The molecule has 0 saturated carbocycles. The molecule has 0 aliphatic rings. The maximum Gasteiger partial charge on any atom is 0.404 e. The van der Waals surface area contributed by atoms with Gasteiger partial charge in [0.15, 0.2) is 0 Å². The molecule has 0 aliphatic carbocycles. The molecule has 1 heterocycles. The molecule has 0 saturated heterocycles. The molecule has 17 heavy (non-hydrogen) atoms. The quantitative estimate of drug-likeness (QED) is 0.463. The second kappa shape index (κ2) is 4.60. The van der Waals surface area contributed by atoms with Gasteiger partial charge in [-0.2, -0.15) is 5.10 Å². The molecule has 0 aliphatic heterocycles. The average molecular weight is 236 g/mol. The van der Waals surface area contributed by atoms with Crippen molar-refractivity contribution >= 4 is 22.7 Å². The van der Waals surface area contributed by atoms with Gasteiger partial charge in [-0.3, -0.25) is 5.10 Å². The summed E-state index contributed by atoms with van der Waals surface area (Å²) in [5, 5.41) is 18.2. The minimum absolute atomic E-state index is 0.204. The smallest absolute Gasteiger partial charge is 0.404 e. The number of rotatable bonds is 4. The average Bonchev–Trinajstić information content (AvgIpc) is 2.71. The molecule has 2 aromatic rings. The van der Waals surface area contributed by atoms with Crippen LogP contribution in [0.5, 0.6) is 5.75 Å². The Bertz CT molecular complexity index is 537. The van der Waals surface area contributed by atoms with Gasteiger partial charge < -0.3 is 20.9 Å². The second-order valence-electron chi connectivity index (χ2n) is 3.43. The Hall–Kier alpha value is -2.44. The predicted octanol–water partition coefficient (Wildman–Crippen LogP) is 0.791. The van der Waals surface area contributed by atoms with Gasteiger partial charge in [0.2, 0.25) is 0 Å². The summed E-state index contributed by atoms with van der Waals surface area (Å²) in [6.07, 6.45) is 0.590. The number of ether oxygens (including phenoxy) is 1. The van der Waals surface area contributed by atoms with E-state index in [1.807, 2.05) is 0 Å². The van der Waals surface area contributed by atoms with Crippen molar-refractivity contribution in [3.63, 3.8) is 0 Å². The first kappa shape index (κ1) is 11.1. The zero-order chi connectivity index (χ0) is 12.3. The van der Waals surface area contributed by atoms with Crippen LogP contribution in [0.1, 0.15) is 0 Å². The van der Waals surface area contributed by atoms with Crippen LogP contribution in [-0.2, 0) is 0 Å². The number of carbonyl (C=O) groups is 1. The van der Waals surface area contributed by atoms with Crippen molar-refractivity contribution in [3.05, 3.63) is 18.3 Å². The lowest BCUT2D eigenvalue weighted by Crippen LogP contribution is -2.26. The summed E-state index contributed by atoms with van der Waals surface area (Å²) < 4.78 is 5.37. The summed E-state index contributed by atoms with van der Waals surface area (Å²) in [5.41, 5.74) is 7.10. The van der Waals surface area contributed by atoms with E-state index >= 15 is 0 Å². The van der Waals surface area contributed by atoms with Crippen LogP contribution in [0.4, 0.5) is 10.5 Å². The Kier molecular flexibility index (Phi) is 2.99. The highest BCUT2D eigenvalue weighted by Crippen LogP contribution is 2.26. The van der Waals surface area contributed by atoms with E-state index in [1.54, 1.807) is 18.3 Å². The van der Waals surface area contributed by atoms with Crippen LogP contribution in [0.3, 0.4) is 0 Å². The molecule has 1 amide bonds. The Balaban J connectivity index is 2.02. The van der Waals surface area contributed by atoms with Gasteiger partial charge in [0.1, 0.15) is 12.4 Å². The topological polar surface area (TPSA) is 113 Å². The Morgan fingerprint density at radius 2 is 2.41 bits per heavy atom. The van der Waals surface area contributed by atoms with Crippen molar-refractivity contribution in [1.29, 1.82) is 0 Å². The number of H-pyrrole nitrogens is 1. The van der Waals surface area contributed by atoms with Crippen molar-refractivity contribution in [2.75, 3.05) is 18.9 Å². The number of carboxylic acid groups (broad SMARTS) is 1. The normalized spacial score (nSPS) is 10.4. The van der Waals surface area contributed by atoms with E-state index in [4.69, 9.17) is 15.6 Å². The molecular formula is C10H12N4O3. The molecular weight excluding hydrogens is 224 g/mol. The van der Waals surface area contributed by atoms with Gasteiger partial charge in [-0.1, -0.05) is 0 Å². The van der Waals surface area contributed by atoms with Gasteiger partial charge in [0.25, 0.3) is 0 Å². The van der Waals surface area contributed by atoms with E-state index < -0.39 is 6.09 Å². The van der Waals surface area contributed by atoms with E-state index in [1.165, 1.54) is 0 Å². The minimum atomic E-state index is -1.08. The van der Waals surface area contributed by atoms with E-state index in [0.717, 1.165) is 10.9 Å². The van der Waals surface area contributed by atoms with E-state index in [2.05, 4.69) is 15.5 Å². The first-order chi connectivity index (χ1) is 8.16. The monoisotopic (exact) mass is 236 g/mol. The standard InChI is InChI=1S/C10H12N4O3/c11-7-3-6-5-13-14-8(6)4-9(7)17-2-1-12-10(15)16/h3-5,12H,1-2,11H2,(H,13,14)(H,15,16). The molecule has 0 bridgehead atoms. The largest absolute Gasteiger partial charge is 0.490 e. The number of benzene rings is 1. The van der Waals surface area contributed by atoms with Crippen LogP contribution in [-0.4, -0.2) is 34.5 Å². The molecule has 0 fully saturated rings. The molecule has 0 spiro atoms. The van der Waals surface area contributed by atoms with Gasteiger partial charge in [0.05, 0.1) is 23.9 Å². The minimum Gasteiger partial charge on any atom is -0.490 e. The van der Waals surface area contributed by atoms with Gasteiger partial charge in [0, 0.05) is 11.5 Å². The SMILES string of the molecule is Nc1cc2cn[nH]c2cc1OCCNC(=O)O. The summed E-state index contributed by atoms with van der Waals surface area (Å²) in [5.74, 6) is 0.508. The third-order valence-corrected chi connectivity index (χ3v) is 2.21. The first-order valence-electron chi connectivity index (χ1n) is 4.99. The van der Waals surface area contributed by atoms with Crippen LogP contribution >= 0.6 is 0 Å². The Morgan fingerprint density at radius 3 is 3.18 bits per heavy atom. The molecule has 5 N–H and O–H groups in total. The fourth-order valence-corrected chi connectivity index (χ4v) is 1.43. The van der Waals surface area contributed by atoms with E-state index in [0.29, 0.717) is 11.4 Å². The van der Waals surface area contributed by atoms with Crippen molar-refractivity contribution < 1.29 is 14.6 Å². The number of anilines is 1. The number of nitrogens with two attached hydrogens (primary N) is 1. The highest BCUT2D eigenvalue weighted by molar-refractivity contribution is 5.84. The molecule has 0 radical (unpaired) electrons. The zero-order valence-electron chi connectivity index (χ0n) is 8.93. The summed E-state index contributed by atoms with van der Waals surface area (Å²) in [7, 11) is 0. The van der Waals surface area contributed by atoms with Gasteiger partial charge in [-0.15, -0.1) is 0 Å². The highest BCUT2D eigenvalue weighted by Gasteiger charge is 2.04. The molecule has 0 unspecified atom stereocenters. The number of fused-ring (bicyclic) bond motifs is 1. The lowest BCUT2D eigenvalue weighted by atomic mass is 10.2. The zero-order valence-corrected chi connectivity index (χ0v) is 8.93. The van der Waals surface area contributed by atoms with Gasteiger partial charge in [-0.05, 0) is 6.07 Å². The number of aromatic nitrogens is 2. The molecule has 7 nitrogen and oxygen atoms in total. The van der Waals surface area contributed by atoms with E-state index in [-0.39, 0.29) is 13.2 Å². The predicted molar refractivity (Wildman–Crippen MR) is 62.0 cm³/mol. The van der Waals surface area contributed by atoms with Crippen LogP contribution in [0.2, 0.25) is 0 Å². The van der Waals surface area contributed by atoms with Crippen LogP contribution in [0.25, 0.3) is 10.9 Å². The molecule has 1 aromatic carbocycles. The van der Waals surface area contributed by atoms with Crippen LogP contribution < -0.4 is 15.8 Å². The summed E-state index contributed by atoms with van der Waals surface area (Å²) in [4.78, 5) is 10.2. The van der Waals surface area contributed by atoms with Crippen LogP contribution in [0.15, 0.2) is 18.3 Å². The second-order valence-corrected chi connectivity index (χ2v) is 3.43. The number of nitrogens with one attached hydrogen (secondary N) is 2. The molecule has 7 heteroatoms. The molecule has 0 atom stereocenters. The van der Waals surface area contributed by atoms with Crippen molar-refractivity contribution in [2.45, 2.75) is 0 Å². The Morgan fingerprint density at radius 1 is 1.59 bits per heavy atom. The molecule has 1 aromatic heterocycles. The lowest BCUT2D eigenvalue weighted by Gasteiger charge is -2.08. The summed E-state index contributed by atoms with van der Waals surface area (Å²) in [6, 6.07) is 3.48. The first-order valence-corrected chi connectivity index (χ1v) is 4.99. The molecule has 2 rings (SSSR count). The fraction of sp³-hybridized carbons (Fsp3) is 0.200. The number of nitrogen functional groups attached to an aromatic ring is 1. The molecule has 90 valence electrons. The summed E-state index contributed by atoms with van der Waals surface area (Å²) >= 11 is 0. The lowest BCUT2D eigenvalue weighted by molar-refractivity contribution is 0.191. The van der Waals surface area contributed by atoms with E-state index in [9.17, 15) is 4.79 Å². The van der Waals surface area contributed by atoms with Crippen molar-refractivity contribution in [1.82, 2.24) is 15.5 Å². The van der Waals surface area contributed by atoms with Crippen LogP contribution in [0, 0.1) is 0 Å². The number of hydrogen-bond donors (Lipinski definition) is 4. The summed E-state index contributed by atoms with van der Waals surface area (Å²) in [6.45, 7) is 0.423. The van der Waals surface area contributed by atoms with Crippen molar-refractivity contribution in [2.24, 2.45) is 0 Å². The number of aromatic amines is 1. The highest BCUT2D eigenvalue weighted by atomic mass is 16.5. The van der Waals surface area contributed by atoms with Gasteiger partial charge >= 0.3 is 6.09 Å².